The van der Waals surface area contributed by atoms with Gasteiger partial charge in [0.05, 0.1) is 11.2 Å². The van der Waals surface area contributed by atoms with Gasteiger partial charge in [-0.2, -0.15) is 0 Å². The third-order valence-corrected chi connectivity index (χ3v) is 4.56. The van der Waals surface area contributed by atoms with E-state index >= 15 is 0 Å². The van der Waals surface area contributed by atoms with Crippen LogP contribution in [-0.4, -0.2) is 19.9 Å². The maximum atomic E-state index is 4.44. The summed E-state index contributed by atoms with van der Waals surface area (Å²) in [6.45, 7) is 13.1. The van der Waals surface area contributed by atoms with Gasteiger partial charge in [0, 0.05) is 41.0 Å². The molecule has 0 unspecified atom stereocenters. The van der Waals surface area contributed by atoms with Crippen LogP contribution in [0.5, 0.6) is 0 Å². The summed E-state index contributed by atoms with van der Waals surface area (Å²) in [6, 6.07) is 12.1. The van der Waals surface area contributed by atoms with Crippen molar-refractivity contribution in [1.82, 2.24) is 19.9 Å². The van der Waals surface area contributed by atoms with Gasteiger partial charge >= 0.3 is 0 Å². The summed E-state index contributed by atoms with van der Waals surface area (Å²) in [4.78, 5) is 17.2. The Hall–Kier alpha value is -2.88. The summed E-state index contributed by atoms with van der Waals surface area (Å²) in [5, 5.41) is 2.31. The molecule has 0 aromatic carbocycles. The quantitative estimate of drug-likeness (QED) is 0.388. The molecule has 4 aromatic heterocycles. The van der Waals surface area contributed by atoms with Crippen molar-refractivity contribution in [3.8, 4) is 0 Å². The zero-order chi connectivity index (χ0) is 20.4. The van der Waals surface area contributed by atoms with Crippen LogP contribution in [0.3, 0.4) is 0 Å². The summed E-state index contributed by atoms with van der Waals surface area (Å²) >= 11 is 0. The Morgan fingerprint density at radius 2 is 1.18 bits per heavy atom. The topological polar surface area (TPSA) is 51.6 Å². The van der Waals surface area contributed by atoms with Crippen LogP contribution in [0.2, 0.25) is 0 Å². The molecule has 0 amide bonds. The molecule has 28 heavy (non-hydrogen) atoms. The Morgan fingerprint density at radius 1 is 0.571 bits per heavy atom. The van der Waals surface area contributed by atoms with Crippen molar-refractivity contribution < 1.29 is 0 Å². The van der Waals surface area contributed by atoms with E-state index in [1.807, 2.05) is 36.8 Å². The summed E-state index contributed by atoms with van der Waals surface area (Å²) in [6.07, 6.45) is 7.25. The molecule has 0 atom stereocenters. The molecule has 0 spiro atoms. The van der Waals surface area contributed by atoms with Crippen molar-refractivity contribution in [3.05, 3.63) is 72.4 Å². The molecule has 0 radical (unpaired) electrons. The lowest BCUT2D eigenvalue weighted by Gasteiger charge is -2.20. The molecule has 0 N–H and O–H groups in total. The second-order valence-corrected chi connectivity index (χ2v) is 8.96. The van der Waals surface area contributed by atoms with Crippen LogP contribution in [0.4, 0.5) is 0 Å². The molecule has 0 aliphatic rings. The van der Waals surface area contributed by atoms with Crippen LogP contribution < -0.4 is 0 Å². The highest BCUT2D eigenvalue weighted by Gasteiger charge is 2.18. The summed E-state index contributed by atoms with van der Waals surface area (Å²) in [7, 11) is 0. The fraction of sp³-hybridized carbons (Fsp3) is 0.333. The predicted molar refractivity (Wildman–Crippen MR) is 116 cm³/mol. The minimum Gasteiger partial charge on any atom is -0.260 e. The van der Waals surface area contributed by atoms with E-state index in [1.165, 1.54) is 5.56 Å². The van der Waals surface area contributed by atoms with Crippen molar-refractivity contribution in [2.24, 2.45) is 0 Å². The van der Waals surface area contributed by atoms with Gasteiger partial charge in [-0.25, -0.2) is 9.97 Å². The van der Waals surface area contributed by atoms with Gasteiger partial charge in [-0.3, -0.25) is 9.97 Å². The number of hydrogen-bond donors (Lipinski definition) is 0. The first-order chi connectivity index (χ1) is 13.2. The van der Waals surface area contributed by atoms with Gasteiger partial charge in [-0.1, -0.05) is 41.5 Å². The number of pyridine rings is 4. The molecule has 0 fully saturated rings. The van der Waals surface area contributed by atoms with Gasteiger partial charge in [0.1, 0.15) is 0 Å². The minimum absolute atomic E-state index is 0.0720. The second-order valence-electron chi connectivity index (χ2n) is 8.96. The molecular formula is C24H28N4. The Morgan fingerprint density at radius 3 is 1.86 bits per heavy atom. The Balaban J connectivity index is 0.000000161. The van der Waals surface area contributed by atoms with Crippen LogP contribution in [0, 0.1) is 0 Å². The van der Waals surface area contributed by atoms with Crippen molar-refractivity contribution in [1.29, 1.82) is 0 Å². The molecule has 4 rings (SSSR count). The van der Waals surface area contributed by atoms with E-state index in [-0.39, 0.29) is 10.8 Å². The normalized spacial score (nSPS) is 11.9. The van der Waals surface area contributed by atoms with E-state index in [1.54, 1.807) is 6.20 Å². The standard InChI is InChI=1S/2C12H14N2/c1-12(2,3)11-9-5-4-7-13-10(9)6-8-14-11;1-12(2,3)10-6-8-14-11-9(10)5-4-7-13-11/h2*4-8H,1-3H3. The first-order valence-corrected chi connectivity index (χ1v) is 9.58. The van der Waals surface area contributed by atoms with Gasteiger partial charge in [-0.15, -0.1) is 0 Å². The molecule has 0 bridgehead atoms. The molecule has 4 heteroatoms. The SMILES string of the molecule is CC(C)(C)c1ccnc2ncccc12.CC(C)(C)c1nccc2ncccc12. The second kappa shape index (κ2) is 7.63. The fourth-order valence-electron chi connectivity index (χ4n) is 3.24. The molecule has 0 saturated carbocycles. The van der Waals surface area contributed by atoms with E-state index in [2.05, 4.69) is 79.7 Å². The molecule has 0 saturated heterocycles. The van der Waals surface area contributed by atoms with Crippen molar-refractivity contribution in [2.45, 2.75) is 52.4 Å². The van der Waals surface area contributed by atoms with Crippen LogP contribution in [0.25, 0.3) is 21.9 Å². The number of nitrogens with zero attached hydrogens (tertiary/aromatic N) is 4. The highest BCUT2D eigenvalue weighted by atomic mass is 14.8. The molecule has 0 aliphatic carbocycles. The fourth-order valence-corrected chi connectivity index (χ4v) is 3.24. The number of aromatic nitrogens is 4. The lowest BCUT2D eigenvalue weighted by molar-refractivity contribution is 0.575. The van der Waals surface area contributed by atoms with Gasteiger partial charge in [0.25, 0.3) is 0 Å². The van der Waals surface area contributed by atoms with Crippen molar-refractivity contribution in [2.75, 3.05) is 0 Å². The number of hydrogen-bond acceptors (Lipinski definition) is 4. The number of fused-ring (bicyclic) bond motifs is 2. The molecule has 4 aromatic rings. The first-order valence-electron chi connectivity index (χ1n) is 9.58. The largest absolute Gasteiger partial charge is 0.260 e. The zero-order valence-electron chi connectivity index (χ0n) is 17.6. The molecular weight excluding hydrogens is 344 g/mol. The van der Waals surface area contributed by atoms with Crippen molar-refractivity contribution in [3.63, 3.8) is 0 Å². The first kappa shape index (κ1) is 19.9. The molecule has 4 nitrogen and oxygen atoms in total. The van der Waals surface area contributed by atoms with Crippen LogP contribution in [-0.2, 0) is 10.8 Å². The monoisotopic (exact) mass is 372 g/mol. The highest BCUT2D eigenvalue weighted by Crippen LogP contribution is 2.28. The third-order valence-electron chi connectivity index (χ3n) is 4.56. The highest BCUT2D eigenvalue weighted by molar-refractivity contribution is 5.81. The summed E-state index contributed by atoms with van der Waals surface area (Å²) < 4.78 is 0. The smallest absolute Gasteiger partial charge is 0.159 e. The Kier molecular flexibility index (Phi) is 5.41. The lowest BCUT2D eigenvalue weighted by Crippen LogP contribution is -2.13. The summed E-state index contributed by atoms with van der Waals surface area (Å²) in [5.41, 5.74) is 4.48. The van der Waals surface area contributed by atoms with E-state index in [4.69, 9.17) is 0 Å². The summed E-state index contributed by atoms with van der Waals surface area (Å²) in [5.74, 6) is 0. The van der Waals surface area contributed by atoms with Crippen LogP contribution >= 0.6 is 0 Å². The van der Waals surface area contributed by atoms with Gasteiger partial charge in [0.2, 0.25) is 0 Å². The maximum absolute atomic E-state index is 4.44. The third kappa shape index (κ3) is 4.33. The minimum atomic E-state index is 0.0720. The van der Waals surface area contributed by atoms with Gasteiger partial charge < -0.3 is 0 Å². The van der Waals surface area contributed by atoms with Crippen LogP contribution in [0.15, 0.2) is 61.2 Å². The Bertz CT molecular complexity index is 989. The zero-order valence-corrected chi connectivity index (χ0v) is 17.6. The van der Waals surface area contributed by atoms with E-state index in [0.717, 1.165) is 27.6 Å². The number of rotatable bonds is 0. The van der Waals surface area contributed by atoms with E-state index in [9.17, 15) is 0 Å². The average Bonchev–Trinajstić information content (AvgIpc) is 2.66. The average molecular weight is 373 g/mol. The lowest BCUT2D eigenvalue weighted by atomic mass is 9.85. The van der Waals surface area contributed by atoms with Gasteiger partial charge in [-0.05, 0) is 47.4 Å². The van der Waals surface area contributed by atoms with Crippen LogP contribution in [0.1, 0.15) is 52.8 Å². The van der Waals surface area contributed by atoms with E-state index in [0.29, 0.717) is 0 Å². The van der Waals surface area contributed by atoms with Gasteiger partial charge in [0.15, 0.2) is 5.65 Å². The Labute approximate surface area is 167 Å². The predicted octanol–water partition coefficient (Wildman–Crippen LogP) is 5.85. The maximum Gasteiger partial charge on any atom is 0.159 e. The molecule has 0 aliphatic heterocycles. The molecule has 4 heterocycles. The van der Waals surface area contributed by atoms with Crippen molar-refractivity contribution >= 4 is 21.9 Å². The van der Waals surface area contributed by atoms with E-state index < -0.39 is 0 Å². The molecule has 144 valence electrons.